The van der Waals surface area contributed by atoms with Crippen molar-refractivity contribution in [1.82, 2.24) is 9.88 Å². The van der Waals surface area contributed by atoms with E-state index in [0.29, 0.717) is 13.1 Å². The molecule has 5 nitrogen and oxygen atoms in total. The quantitative estimate of drug-likeness (QED) is 0.796. The van der Waals surface area contributed by atoms with Crippen LogP contribution in [0.2, 0.25) is 0 Å². The zero-order chi connectivity index (χ0) is 13.1. The summed E-state index contributed by atoms with van der Waals surface area (Å²) in [5.41, 5.74) is 1.14. The predicted molar refractivity (Wildman–Crippen MR) is 72.9 cm³/mol. The minimum atomic E-state index is -0.255. The highest BCUT2D eigenvalue weighted by molar-refractivity contribution is 9.10. The second-order valence-electron chi connectivity index (χ2n) is 4.24. The Morgan fingerprint density at radius 1 is 1.39 bits per heavy atom. The van der Waals surface area contributed by atoms with Crippen LogP contribution in [0.1, 0.15) is 5.56 Å². The summed E-state index contributed by atoms with van der Waals surface area (Å²) in [7, 11) is 1.41. The van der Waals surface area contributed by atoms with E-state index < -0.39 is 0 Å². The fourth-order valence-electron chi connectivity index (χ4n) is 2.09. The molecule has 1 aromatic rings. The van der Waals surface area contributed by atoms with Gasteiger partial charge in [-0.3, -0.25) is 0 Å². The Kier molecular flexibility index (Phi) is 4.06. The van der Waals surface area contributed by atoms with E-state index in [0.717, 1.165) is 28.9 Å². The van der Waals surface area contributed by atoms with Crippen LogP contribution in [0.4, 0.5) is 10.6 Å². The number of halogens is 1. The molecule has 2 heterocycles. The van der Waals surface area contributed by atoms with E-state index in [2.05, 4.69) is 31.9 Å². The number of carbonyl (C=O) groups excluding carboxylic acids is 1. The number of amides is 1. The van der Waals surface area contributed by atoms with Crippen LogP contribution in [0, 0.1) is 6.92 Å². The number of carbonyl (C=O) groups is 1. The first-order valence-corrected chi connectivity index (χ1v) is 6.61. The van der Waals surface area contributed by atoms with Gasteiger partial charge in [0, 0.05) is 36.8 Å². The van der Waals surface area contributed by atoms with Crippen molar-refractivity contribution in [2.75, 3.05) is 38.2 Å². The van der Waals surface area contributed by atoms with Crippen LogP contribution in [0.15, 0.2) is 16.7 Å². The minimum absolute atomic E-state index is 0.255. The topological polar surface area (TPSA) is 45.7 Å². The van der Waals surface area contributed by atoms with Crippen molar-refractivity contribution in [3.05, 3.63) is 22.3 Å². The summed E-state index contributed by atoms with van der Waals surface area (Å²) in [6.07, 6.45) is 1.55. The number of ether oxygens (including phenoxy) is 1. The molecule has 1 amide bonds. The second-order valence-corrected chi connectivity index (χ2v) is 5.15. The van der Waals surface area contributed by atoms with Gasteiger partial charge in [-0.05, 0) is 34.5 Å². The van der Waals surface area contributed by atoms with Crippen molar-refractivity contribution in [2.45, 2.75) is 6.92 Å². The summed E-state index contributed by atoms with van der Waals surface area (Å²) < 4.78 is 5.70. The minimum Gasteiger partial charge on any atom is -0.453 e. The molecule has 0 spiro atoms. The van der Waals surface area contributed by atoms with Crippen LogP contribution in [0.25, 0.3) is 0 Å². The molecule has 0 aliphatic carbocycles. The Hall–Kier alpha value is -1.30. The number of hydrogen-bond donors (Lipinski definition) is 0. The van der Waals surface area contributed by atoms with E-state index in [1.165, 1.54) is 7.11 Å². The molecule has 6 heteroatoms. The molecule has 0 bridgehead atoms. The standard InChI is InChI=1S/C12H16BrN3O2/c1-9-7-10(13)8-14-11(9)15-3-5-16(6-4-15)12(17)18-2/h7-8H,3-6H2,1-2H3. The third kappa shape index (κ3) is 2.75. The number of methoxy groups -OCH3 is 1. The molecule has 0 radical (unpaired) electrons. The van der Waals surface area contributed by atoms with Crippen LogP contribution in [0.5, 0.6) is 0 Å². The number of piperazine rings is 1. The molecular formula is C12H16BrN3O2. The number of pyridine rings is 1. The molecule has 18 heavy (non-hydrogen) atoms. The Morgan fingerprint density at radius 2 is 2.06 bits per heavy atom. The number of rotatable bonds is 1. The Bertz CT molecular complexity index is 445. The molecule has 2 rings (SSSR count). The van der Waals surface area contributed by atoms with Gasteiger partial charge in [-0.15, -0.1) is 0 Å². The Morgan fingerprint density at radius 3 is 2.61 bits per heavy atom. The van der Waals surface area contributed by atoms with Crippen molar-refractivity contribution < 1.29 is 9.53 Å². The molecule has 98 valence electrons. The van der Waals surface area contributed by atoms with Gasteiger partial charge in [0.1, 0.15) is 5.82 Å². The van der Waals surface area contributed by atoms with Gasteiger partial charge in [-0.1, -0.05) is 0 Å². The summed E-state index contributed by atoms with van der Waals surface area (Å²) in [4.78, 5) is 19.7. The smallest absolute Gasteiger partial charge is 0.409 e. The lowest BCUT2D eigenvalue weighted by molar-refractivity contribution is 0.121. The van der Waals surface area contributed by atoms with Gasteiger partial charge >= 0.3 is 6.09 Å². The maximum Gasteiger partial charge on any atom is 0.409 e. The molecule has 1 fully saturated rings. The highest BCUT2D eigenvalue weighted by Gasteiger charge is 2.22. The lowest BCUT2D eigenvalue weighted by Gasteiger charge is -2.35. The molecule has 0 atom stereocenters. The summed E-state index contributed by atoms with van der Waals surface area (Å²) in [6, 6.07) is 2.05. The van der Waals surface area contributed by atoms with Crippen molar-refractivity contribution in [2.24, 2.45) is 0 Å². The van der Waals surface area contributed by atoms with E-state index in [4.69, 9.17) is 4.74 Å². The van der Waals surface area contributed by atoms with Gasteiger partial charge in [0.05, 0.1) is 7.11 Å². The Balaban J connectivity index is 2.03. The molecule has 0 unspecified atom stereocenters. The molecular weight excluding hydrogens is 298 g/mol. The largest absolute Gasteiger partial charge is 0.453 e. The van der Waals surface area contributed by atoms with E-state index >= 15 is 0 Å². The summed E-state index contributed by atoms with van der Waals surface area (Å²) in [5, 5.41) is 0. The normalized spacial score (nSPS) is 15.7. The van der Waals surface area contributed by atoms with E-state index in [1.807, 2.05) is 6.92 Å². The predicted octanol–water partition coefficient (Wildman–Crippen LogP) is 2.04. The summed E-state index contributed by atoms with van der Waals surface area (Å²) >= 11 is 3.41. The van der Waals surface area contributed by atoms with Crippen molar-refractivity contribution in [3.8, 4) is 0 Å². The first-order valence-electron chi connectivity index (χ1n) is 5.82. The average molecular weight is 314 g/mol. The maximum atomic E-state index is 11.4. The van der Waals surface area contributed by atoms with Gasteiger partial charge in [0.2, 0.25) is 0 Å². The fraction of sp³-hybridized carbons (Fsp3) is 0.500. The molecule has 1 aliphatic heterocycles. The van der Waals surface area contributed by atoms with Gasteiger partial charge in [-0.25, -0.2) is 9.78 Å². The van der Waals surface area contributed by atoms with Gasteiger partial charge in [0.15, 0.2) is 0 Å². The van der Waals surface area contributed by atoms with E-state index in [9.17, 15) is 4.79 Å². The molecule has 0 aromatic carbocycles. The van der Waals surface area contributed by atoms with Crippen LogP contribution < -0.4 is 4.90 Å². The molecule has 0 saturated carbocycles. The SMILES string of the molecule is COC(=O)N1CCN(c2ncc(Br)cc2C)CC1. The van der Waals surface area contributed by atoms with Crippen molar-refractivity contribution in [3.63, 3.8) is 0 Å². The second kappa shape index (κ2) is 5.56. The van der Waals surface area contributed by atoms with Crippen LogP contribution in [-0.4, -0.2) is 49.3 Å². The van der Waals surface area contributed by atoms with Crippen LogP contribution >= 0.6 is 15.9 Å². The van der Waals surface area contributed by atoms with Gasteiger partial charge < -0.3 is 14.5 Å². The third-order valence-electron chi connectivity index (χ3n) is 3.03. The fourth-order valence-corrected chi connectivity index (χ4v) is 2.54. The van der Waals surface area contributed by atoms with Crippen molar-refractivity contribution in [1.29, 1.82) is 0 Å². The molecule has 1 aliphatic rings. The van der Waals surface area contributed by atoms with Crippen LogP contribution in [-0.2, 0) is 4.74 Å². The van der Waals surface area contributed by atoms with E-state index in [-0.39, 0.29) is 6.09 Å². The zero-order valence-electron chi connectivity index (χ0n) is 10.5. The summed E-state index contributed by atoms with van der Waals surface area (Å²) in [6.45, 7) is 4.95. The van der Waals surface area contributed by atoms with Crippen molar-refractivity contribution >= 4 is 27.8 Å². The lowest BCUT2D eigenvalue weighted by Crippen LogP contribution is -2.49. The Labute approximate surface area is 115 Å². The first kappa shape index (κ1) is 13.1. The zero-order valence-corrected chi connectivity index (χ0v) is 12.1. The van der Waals surface area contributed by atoms with Gasteiger partial charge in [-0.2, -0.15) is 0 Å². The van der Waals surface area contributed by atoms with Gasteiger partial charge in [0.25, 0.3) is 0 Å². The lowest BCUT2D eigenvalue weighted by atomic mass is 10.2. The monoisotopic (exact) mass is 313 g/mol. The van der Waals surface area contributed by atoms with Crippen LogP contribution in [0.3, 0.4) is 0 Å². The molecule has 1 aromatic heterocycles. The molecule has 1 saturated heterocycles. The highest BCUT2D eigenvalue weighted by atomic mass is 79.9. The average Bonchev–Trinajstić information content (AvgIpc) is 2.38. The number of aryl methyl sites for hydroxylation is 1. The summed E-state index contributed by atoms with van der Waals surface area (Å²) in [5.74, 6) is 0.989. The number of aromatic nitrogens is 1. The third-order valence-corrected chi connectivity index (χ3v) is 3.46. The van der Waals surface area contributed by atoms with E-state index in [1.54, 1.807) is 11.1 Å². The number of anilines is 1. The first-order chi connectivity index (χ1) is 8.61. The highest BCUT2D eigenvalue weighted by Crippen LogP contribution is 2.21. The number of nitrogens with zero attached hydrogens (tertiary/aromatic N) is 3. The molecule has 0 N–H and O–H groups in total. The maximum absolute atomic E-state index is 11.4. The number of hydrogen-bond acceptors (Lipinski definition) is 4.